The number of nitro groups is 1. The number of ether oxygens (including phenoxy) is 1. The number of hydrogen-bond acceptors (Lipinski definition) is 5. The molecule has 0 fully saturated rings. The van der Waals surface area contributed by atoms with Gasteiger partial charge in [-0.1, -0.05) is 6.07 Å². The number of rotatable bonds is 3. The monoisotopic (exact) mass is 281 g/mol. The highest BCUT2D eigenvalue weighted by molar-refractivity contribution is 5.79. The van der Waals surface area contributed by atoms with Gasteiger partial charge in [0.2, 0.25) is 0 Å². The highest BCUT2D eigenvalue weighted by Gasteiger charge is 2.12. The average molecular weight is 281 g/mol. The normalized spacial score (nSPS) is 10.5. The highest BCUT2D eigenvalue weighted by Crippen LogP contribution is 2.30. The number of nitrogen functional groups attached to an aromatic ring is 1. The third-order valence-electron chi connectivity index (χ3n) is 3.01. The number of aromatic nitrogens is 1. The molecule has 0 bridgehead atoms. The first kappa shape index (κ1) is 12.9. The lowest BCUT2D eigenvalue weighted by molar-refractivity contribution is -0.383. The molecule has 3 aromatic rings. The second kappa shape index (κ2) is 5.09. The maximum Gasteiger partial charge on any atom is 0.292 e. The van der Waals surface area contributed by atoms with E-state index >= 15 is 0 Å². The van der Waals surface area contributed by atoms with Crippen LogP contribution in [-0.2, 0) is 0 Å². The van der Waals surface area contributed by atoms with E-state index in [1.54, 1.807) is 12.3 Å². The minimum Gasteiger partial charge on any atom is -0.457 e. The van der Waals surface area contributed by atoms with Gasteiger partial charge in [0.25, 0.3) is 5.69 Å². The number of anilines is 1. The zero-order valence-electron chi connectivity index (χ0n) is 10.9. The van der Waals surface area contributed by atoms with Crippen molar-refractivity contribution in [2.45, 2.75) is 0 Å². The van der Waals surface area contributed by atoms with Crippen molar-refractivity contribution in [2.75, 3.05) is 5.73 Å². The number of hydrogen-bond donors (Lipinski definition) is 1. The van der Waals surface area contributed by atoms with Crippen LogP contribution in [0.3, 0.4) is 0 Å². The van der Waals surface area contributed by atoms with Crippen LogP contribution >= 0.6 is 0 Å². The van der Waals surface area contributed by atoms with E-state index in [9.17, 15) is 10.1 Å². The number of pyridine rings is 1. The summed E-state index contributed by atoms with van der Waals surface area (Å²) in [4.78, 5) is 14.4. The summed E-state index contributed by atoms with van der Waals surface area (Å²) in [6.07, 6.45) is 1.70. The molecule has 1 heterocycles. The van der Waals surface area contributed by atoms with Crippen LogP contribution in [0.25, 0.3) is 10.9 Å². The minimum atomic E-state index is -0.529. The van der Waals surface area contributed by atoms with Crippen LogP contribution in [0.15, 0.2) is 54.7 Å². The molecule has 0 aliphatic heterocycles. The lowest BCUT2D eigenvalue weighted by atomic mass is 10.2. The Morgan fingerprint density at radius 2 is 1.86 bits per heavy atom. The molecule has 0 saturated heterocycles. The molecule has 0 amide bonds. The average Bonchev–Trinajstić information content (AvgIpc) is 2.47. The molecule has 2 N–H and O–H groups in total. The van der Waals surface area contributed by atoms with E-state index in [-0.39, 0.29) is 11.4 Å². The Balaban J connectivity index is 1.91. The van der Waals surface area contributed by atoms with E-state index in [1.165, 1.54) is 18.2 Å². The first-order valence-corrected chi connectivity index (χ1v) is 6.20. The Morgan fingerprint density at radius 3 is 2.62 bits per heavy atom. The molecule has 1 aromatic heterocycles. The maximum absolute atomic E-state index is 10.7. The van der Waals surface area contributed by atoms with Gasteiger partial charge in [-0.2, -0.15) is 0 Å². The molecule has 0 radical (unpaired) electrons. The van der Waals surface area contributed by atoms with Gasteiger partial charge in [-0.05, 0) is 24.3 Å². The third kappa shape index (κ3) is 2.59. The fourth-order valence-electron chi connectivity index (χ4n) is 2.01. The van der Waals surface area contributed by atoms with Crippen molar-refractivity contribution in [1.29, 1.82) is 0 Å². The van der Waals surface area contributed by atoms with Crippen LogP contribution in [-0.4, -0.2) is 9.91 Å². The summed E-state index contributed by atoms with van der Waals surface area (Å²) in [6, 6.07) is 13.6. The first-order valence-electron chi connectivity index (χ1n) is 6.20. The molecule has 3 rings (SSSR count). The molecule has 6 nitrogen and oxygen atoms in total. The van der Waals surface area contributed by atoms with Gasteiger partial charge >= 0.3 is 0 Å². The summed E-state index contributed by atoms with van der Waals surface area (Å²) < 4.78 is 5.66. The highest BCUT2D eigenvalue weighted by atomic mass is 16.6. The van der Waals surface area contributed by atoms with E-state index in [0.717, 1.165) is 10.9 Å². The third-order valence-corrected chi connectivity index (χ3v) is 3.01. The fraction of sp³-hybridized carbons (Fsp3) is 0. The van der Waals surface area contributed by atoms with Crippen LogP contribution < -0.4 is 10.5 Å². The standard InChI is InChI=1S/C15H11N3O3/c16-13-8-11(5-6-15(13)18(19)20)21-12-4-3-10-2-1-7-17-14(10)9-12/h1-9H,16H2. The predicted octanol–water partition coefficient (Wildman–Crippen LogP) is 3.52. The van der Waals surface area contributed by atoms with E-state index in [2.05, 4.69) is 4.98 Å². The smallest absolute Gasteiger partial charge is 0.292 e. The summed E-state index contributed by atoms with van der Waals surface area (Å²) in [6.45, 7) is 0. The summed E-state index contributed by atoms with van der Waals surface area (Å²) in [5.74, 6) is 1.03. The van der Waals surface area contributed by atoms with Gasteiger partial charge in [0.05, 0.1) is 10.4 Å². The largest absolute Gasteiger partial charge is 0.457 e. The fourth-order valence-corrected chi connectivity index (χ4v) is 2.01. The van der Waals surface area contributed by atoms with E-state index in [0.29, 0.717) is 11.5 Å². The van der Waals surface area contributed by atoms with Gasteiger partial charge < -0.3 is 10.5 Å². The summed E-state index contributed by atoms with van der Waals surface area (Å²) in [5, 5.41) is 11.7. The van der Waals surface area contributed by atoms with Crippen LogP contribution in [0.5, 0.6) is 11.5 Å². The first-order chi connectivity index (χ1) is 10.1. The van der Waals surface area contributed by atoms with Crippen molar-refractivity contribution in [3.05, 3.63) is 64.8 Å². The lowest BCUT2D eigenvalue weighted by Crippen LogP contribution is -1.96. The van der Waals surface area contributed by atoms with Crippen LogP contribution in [0.1, 0.15) is 0 Å². The van der Waals surface area contributed by atoms with Gasteiger partial charge in [-0.15, -0.1) is 0 Å². The quantitative estimate of drug-likeness (QED) is 0.450. The van der Waals surface area contributed by atoms with Gasteiger partial charge in [-0.25, -0.2) is 0 Å². The van der Waals surface area contributed by atoms with Gasteiger partial charge in [0, 0.05) is 29.8 Å². The number of nitrogens with zero attached hydrogens (tertiary/aromatic N) is 2. The van der Waals surface area contributed by atoms with Crippen molar-refractivity contribution in [2.24, 2.45) is 0 Å². The van der Waals surface area contributed by atoms with Crippen molar-refractivity contribution in [1.82, 2.24) is 4.98 Å². The molecule has 0 atom stereocenters. The molecule has 0 spiro atoms. The number of fused-ring (bicyclic) bond motifs is 1. The summed E-state index contributed by atoms with van der Waals surface area (Å²) in [5.41, 5.74) is 6.37. The van der Waals surface area contributed by atoms with E-state index in [4.69, 9.17) is 10.5 Å². The zero-order chi connectivity index (χ0) is 14.8. The Labute approximate surface area is 119 Å². The van der Waals surface area contributed by atoms with E-state index < -0.39 is 4.92 Å². The Hall–Kier alpha value is -3.15. The topological polar surface area (TPSA) is 91.3 Å². The van der Waals surface area contributed by atoms with Crippen molar-refractivity contribution in [3.8, 4) is 11.5 Å². The Morgan fingerprint density at radius 1 is 1.10 bits per heavy atom. The van der Waals surface area contributed by atoms with Gasteiger partial charge in [0.1, 0.15) is 17.2 Å². The van der Waals surface area contributed by atoms with Crippen molar-refractivity contribution >= 4 is 22.3 Å². The van der Waals surface area contributed by atoms with Crippen LogP contribution in [0.2, 0.25) is 0 Å². The van der Waals surface area contributed by atoms with Gasteiger partial charge in [0.15, 0.2) is 0 Å². The molecule has 6 heteroatoms. The number of nitro benzene ring substituents is 1. The molecule has 0 aliphatic carbocycles. The van der Waals surface area contributed by atoms with Crippen molar-refractivity contribution in [3.63, 3.8) is 0 Å². The maximum atomic E-state index is 10.7. The Kier molecular flexibility index (Phi) is 3.12. The second-order valence-corrected chi connectivity index (χ2v) is 4.44. The molecule has 0 saturated carbocycles. The molecular formula is C15H11N3O3. The van der Waals surface area contributed by atoms with Crippen LogP contribution in [0.4, 0.5) is 11.4 Å². The molecule has 21 heavy (non-hydrogen) atoms. The Bertz CT molecular complexity index is 833. The summed E-state index contributed by atoms with van der Waals surface area (Å²) >= 11 is 0. The molecule has 2 aromatic carbocycles. The van der Waals surface area contributed by atoms with Crippen LogP contribution in [0, 0.1) is 10.1 Å². The number of benzene rings is 2. The minimum absolute atomic E-state index is 0.0661. The molecule has 104 valence electrons. The van der Waals surface area contributed by atoms with Gasteiger partial charge in [-0.3, -0.25) is 15.1 Å². The molecule has 0 unspecified atom stereocenters. The predicted molar refractivity (Wildman–Crippen MR) is 79.3 cm³/mol. The molecular weight excluding hydrogens is 270 g/mol. The second-order valence-electron chi connectivity index (χ2n) is 4.44. The summed E-state index contributed by atoms with van der Waals surface area (Å²) in [7, 11) is 0. The lowest BCUT2D eigenvalue weighted by Gasteiger charge is -2.07. The SMILES string of the molecule is Nc1cc(Oc2ccc3cccnc3c2)ccc1[N+](=O)[O-]. The zero-order valence-corrected chi connectivity index (χ0v) is 10.9. The number of nitrogens with two attached hydrogens (primary N) is 1. The van der Waals surface area contributed by atoms with Crippen molar-refractivity contribution < 1.29 is 9.66 Å². The molecule has 0 aliphatic rings. The van der Waals surface area contributed by atoms with E-state index in [1.807, 2.05) is 24.3 Å².